The van der Waals surface area contributed by atoms with Crippen molar-refractivity contribution in [2.45, 2.75) is 65.0 Å². The molecule has 0 amide bonds. The van der Waals surface area contributed by atoms with Crippen molar-refractivity contribution in [2.75, 3.05) is 13.2 Å². The van der Waals surface area contributed by atoms with E-state index in [2.05, 4.69) is 44.3 Å². The molecule has 1 aliphatic rings. The van der Waals surface area contributed by atoms with Gasteiger partial charge < -0.3 is 10.1 Å². The summed E-state index contributed by atoms with van der Waals surface area (Å²) in [5, 5.41) is 3.74. The third kappa shape index (κ3) is 4.07. The molecule has 1 N–H and O–H groups in total. The summed E-state index contributed by atoms with van der Waals surface area (Å²) >= 11 is 0. The number of rotatable bonds is 7. The molecular formula is C18H29NO. The lowest BCUT2D eigenvalue weighted by molar-refractivity contribution is 0.0995. The molecule has 2 nitrogen and oxygen atoms in total. The van der Waals surface area contributed by atoms with Gasteiger partial charge in [-0.2, -0.15) is 0 Å². The number of ether oxygens (including phenoxy) is 1. The summed E-state index contributed by atoms with van der Waals surface area (Å²) in [7, 11) is 0. The Labute approximate surface area is 123 Å². The molecule has 2 unspecified atom stereocenters. The molecule has 1 aromatic carbocycles. The number of nitrogens with one attached hydrogen (secondary N) is 1. The van der Waals surface area contributed by atoms with Crippen molar-refractivity contribution in [2.24, 2.45) is 0 Å². The van der Waals surface area contributed by atoms with Gasteiger partial charge in [-0.1, -0.05) is 25.1 Å². The van der Waals surface area contributed by atoms with Gasteiger partial charge in [0.2, 0.25) is 0 Å². The minimum absolute atomic E-state index is 0.473. The minimum Gasteiger partial charge on any atom is -0.378 e. The molecule has 112 valence electrons. The molecule has 0 radical (unpaired) electrons. The first-order valence-corrected chi connectivity index (χ1v) is 8.13. The second-order valence-electron chi connectivity index (χ2n) is 6.02. The second kappa shape index (κ2) is 7.80. The van der Waals surface area contributed by atoms with Crippen LogP contribution in [0.25, 0.3) is 0 Å². The van der Waals surface area contributed by atoms with Gasteiger partial charge in [0, 0.05) is 12.6 Å². The van der Waals surface area contributed by atoms with Gasteiger partial charge in [-0.25, -0.2) is 0 Å². The highest BCUT2D eigenvalue weighted by Crippen LogP contribution is 2.28. The third-order valence-electron chi connectivity index (χ3n) is 4.33. The summed E-state index contributed by atoms with van der Waals surface area (Å²) in [6.07, 6.45) is 6.51. The highest BCUT2D eigenvalue weighted by atomic mass is 16.5. The summed E-state index contributed by atoms with van der Waals surface area (Å²) in [5.41, 5.74) is 4.32. The summed E-state index contributed by atoms with van der Waals surface area (Å²) in [4.78, 5) is 0. The Bertz CT molecular complexity index is 390. The van der Waals surface area contributed by atoms with Crippen LogP contribution in [0, 0.1) is 13.8 Å². The van der Waals surface area contributed by atoms with Gasteiger partial charge in [0.05, 0.1) is 6.10 Å². The summed E-state index contributed by atoms with van der Waals surface area (Å²) in [6.45, 7) is 8.74. The van der Waals surface area contributed by atoms with Crippen molar-refractivity contribution in [1.82, 2.24) is 5.32 Å². The molecule has 0 saturated carbocycles. The molecule has 20 heavy (non-hydrogen) atoms. The van der Waals surface area contributed by atoms with E-state index in [-0.39, 0.29) is 0 Å². The summed E-state index contributed by atoms with van der Waals surface area (Å²) in [6, 6.07) is 7.09. The number of hydrogen-bond donors (Lipinski definition) is 1. The topological polar surface area (TPSA) is 21.3 Å². The van der Waals surface area contributed by atoms with E-state index < -0.39 is 0 Å². The van der Waals surface area contributed by atoms with E-state index in [0.717, 1.165) is 13.2 Å². The average molecular weight is 275 g/mol. The lowest BCUT2D eigenvalue weighted by atomic mass is 9.92. The quantitative estimate of drug-likeness (QED) is 0.801. The SMILES string of the molecule is CCCNC(CCC1CCCO1)c1c(C)cccc1C. The Balaban J connectivity index is 2.05. The highest BCUT2D eigenvalue weighted by Gasteiger charge is 2.20. The van der Waals surface area contributed by atoms with Crippen molar-refractivity contribution < 1.29 is 4.74 Å². The maximum absolute atomic E-state index is 5.78. The minimum atomic E-state index is 0.473. The van der Waals surface area contributed by atoms with Gasteiger partial charge in [0.15, 0.2) is 0 Å². The van der Waals surface area contributed by atoms with Gasteiger partial charge in [-0.3, -0.25) is 0 Å². The van der Waals surface area contributed by atoms with Crippen molar-refractivity contribution >= 4 is 0 Å². The Morgan fingerprint density at radius 2 is 2.05 bits per heavy atom. The van der Waals surface area contributed by atoms with E-state index in [1.807, 2.05) is 0 Å². The fourth-order valence-electron chi connectivity index (χ4n) is 3.27. The zero-order valence-electron chi connectivity index (χ0n) is 13.2. The molecule has 0 bridgehead atoms. The Kier molecular flexibility index (Phi) is 6.06. The third-order valence-corrected chi connectivity index (χ3v) is 4.33. The molecule has 1 aromatic rings. The molecule has 1 fully saturated rings. The van der Waals surface area contributed by atoms with Crippen LogP contribution in [-0.4, -0.2) is 19.3 Å². The van der Waals surface area contributed by atoms with E-state index >= 15 is 0 Å². The van der Waals surface area contributed by atoms with Crippen molar-refractivity contribution in [1.29, 1.82) is 0 Å². The largest absolute Gasteiger partial charge is 0.378 e. The zero-order valence-corrected chi connectivity index (χ0v) is 13.2. The fourth-order valence-corrected chi connectivity index (χ4v) is 3.27. The molecule has 1 aliphatic heterocycles. The Morgan fingerprint density at radius 3 is 2.65 bits per heavy atom. The van der Waals surface area contributed by atoms with Gasteiger partial charge in [0.1, 0.15) is 0 Å². The lowest BCUT2D eigenvalue weighted by Gasteiger charge is -2.24. The fraction of sp³-hybridized carbons (Fsp3) is 0.667. The summed E-state index contributed by atoms with van der Waals surface area (Å²) < 4.78 is 5.78. The standard InChI is InChI=1S/C18H29NO/c1-4-12-19-17(11-10-16-9-6-13-20-16)18-14(2)7-5-8-15(18)3/h5,7-8,16-17,19H,4,6,9-13H2,1-3H3. The van der Waals surface area contributed by atoms with E-state index in [1.54, 1.807) is 0 Å². The predicted molar refractivity (Wildman–Crippen MR) is 85.2 cm³/mol. The van der Waals surface area contributed by atoms with Gasteiger partial charge >= 0.3 is 0 Å². The molecule has 1 heterocycles. The summed E-state index contributed by atoms with van der Waals surface area (Å²) in [5.74, 6) is 0. The Morgan fingerprint density at radius 1 is 1.30 bits per heavy atom. The van der Waals surface area contributed by atoms with E-state index in [4.69, 9.17) is 4.74 Å². The van der Waals surface area contributed by atoms with E-state index in [1.165, 1.54) is 48.8 Å². The molecule has 1 saturated heterocycles. The molecule has 0 spiro atoms. The van der Waals surface area contributed by atoms with Gasteiger partial charge in [-0.15, -0.1) is 0 Å². The molecule has 2 rings (SSSR count). The van der Waals surface area contributed by atoms with Crippen LogP contribution >= 0.6 is 0 Å². The second-order valence-corrected chi connectivity index (χ2v) is 6.02. The van der Waals surface area contributed by atoms with E-state index in [9.17, 15) is 0 Å². The van der Waals surface area contributed by atoms with Crippen LogP contribution in [0.2, 0.25) is 0 Å². The molecule has 2 atom stereocenters. The first-order valence-electron chi connectivity index (χ1n) is 8.13. The monoisotopic (exact) mass is 275 g/mol. The molecule has 2 heteroatoms. The van der Waals surface area contributed by atoms with Crippen LogP contribution in [0.3, 0.4) is 0 Å². The van der Waals surface area contributed by atoms with Crippen LogP contribution in [0.4, 0.5) is 0 Å². The molecule has 0 aromatic heterocycles. The van der Waals surface area contributed by atoms with E-state index in [0.29, 0.717) is 12.1 Å². The first kappa shape index (κ1) is 15.5. The average Bonchev–Trinajstić information content (AvgIpc) is 2.94. The number of aryl methyl sites for hydroxylation is 2. The molecule has 0 aliphatic carbocycles. The normalized spacial score (nSPS) is 20.2. The smallest absolute Gasteiger partial charge is 0.0576 e. The van der Waals surface area contributed by atoms with Crippen molar-refractivity contribution in [3.8, 4) is 0 Å². The van der Waals surface area contributed by atoms with Gasteiger partial charge in [-0.05, 0) is 69.2 Å². The number of hydrogen-bond acceptors (Lipinski definition) is 2. The first-order chi connectivity index (χ1) is 9.72. The van der Waals surface area contributed by atoms with Crippen LogP contribution in [0.5, 0.6) is 0 Å². The van der Waals surface area contributed by atoms with Gasteiger partial charge in [0.25, 0.3) is 0 Å². The number of benzene rings is 1. The zero-order chi connectivity index (χ0) is 14.4. The maximum Gasteiger partial charge on any atom is 0.0576 e. The predicted octanol–water partition coefficient (Wildman–Crippen LogP) is 4.30. The van der Waals surface area contributed by atoms with Crippen LogP contribution in [0.15, 0.2) is 18.2 Å². The van der Waals surface area contributed by atoms with Crippen LogP contribution in [-0.2, 0) is 4.74 Å². The van der Waals surface area contributed by atoms with Crippen molar-refractivity contribution in [3.63, 3.8) is 0 Å². The highest BCUT2D eigenvalue weighted by molar-refractivity contribution is 5.36. The maximum atomic E-state index is 5.78. The van der Waals surface area contributed by atoms with Crippen LogP contribution in [0.1, 0.15) is 61.8 Å². The van der Waals surface area contributed by atoms with Crippen LogP contribution < -0.4 is 5.32 Å². The lowest BCUT2D eigenvalue weighted by Crippen LogP contribution is -2.25. The van der Waals surface area contributed by atoms with Crippen molar-refractivity contribution in [3.05, 3.63) is 34.9 Å². The Hall–Kier alpha value is -0.860. The molecular weight excluding hydrogens is 246 g/mol.